The second kappa shape index (κ2) is 8.80. The minimum absolute atomic E-state index is 0.102. The van der Waals surface area contributed by atoms with Gasteiger partial charge in [0.05, 0.1) is 6.54 Å². The first-order chi connectivity index (χ1) is 12.5. The van der Waals surface area contributed by atoms with Gasteiger partial charge in [-0.05, 0) is 17.5 Å². The summed E-state index contributed by atoms with van der Waals surface area (Å²) in [5, 5.41) is 5.16. The van der Waals surface area contributed by atoms with E-state index in [1.54, 1.807) is 0 Å². The van der Waals surface area contributed by atoms with E-state index in [0.29, 0.717) is 6.42 Å². The molecule has 0 aromatic heterocycles. The highest BCUT2D eigenvalue weighted by Gasteiger charge is 2.39. The molecule has 0 aliphatic heterocycles. The van der Waals surface area contributed by atoms with Crippen LogP contribution in [0.3, 0.4) is 0 Å². The van der Waals surface area contributed by atoms with Gasteiger partial charge in [-0.1, -0.05) is 60.7 Å². The number of carbonyl (C=O) groups is 3. The highest BCUT2D eigenvalue weighted by atomic mass is 16.2. The molecular formula is C20H23N3O3. The summed E-state index contributed by atoms with van der Waals surface area (Å²) in [6, 6.07) is 18.6. The quantitative estimate of drug-likeness (QED) is 0.662. The summed E-state index contributed by atoms with van der Waals surface area (Å²) >= 11 is 0. The molecule has 3 amide bonds. The molecule has 26 heavy (non-hydrogen) atoms. The average Bonchev–Trinajstić information content (AvgIpc) is 2.65. The smallest absolute Gasteiger partial charge is 0.239 e. The topological polar surface area (TPSA) is 101 Å². The molecule has 0 saturated heterocycles. The normalized spacial score (nSPS) is 10.8. The van der Waals surface area contributed by atoms with Crippen molar-refractivity contribution in [2.45, 2.75) is 18.8 Å². The summed E-state index contributed by atoms with van der Waals surface area (Å²) in [5.41, 5.74) is 6.34. The first kappa shape index (κ1) is 19.2. The minimum Gasteiger partial charge on any atom is -0.369 e. The molecule has 0 bridgehead atoms. The van der Waals surface area contributed by atoms with Gasteiger partial charge >= 0.3 is 0 Å². The van der Waals surface area contributed by atoms with E-state index in [1.165, 1.54) is 6.92 Å². The Morgan fingerprint density at radius 1 is 0.885 bits per heavy atom. The zero-order chi connectivity index (χ0) is 19.0. The van der Waals surface area contributed by atoms with Crippen molar-refractivity contribution in [3.8, 4) is 0 Å². The fourth-order valence-electron chi connectivity index (χ4n) is 2.97. The maximum Gasteiger partial charge on any atom is 0.239 e. The van der Waals surface area contributed by atoms with Gasteiger partial charge in [-0.2, -0.15) is 0 Å². The van der Waals surface area contributed by atoms with Crippen LogP contribution in [0.1, 0.15) is 24.5 Å². The third kappa shape index (κ3) is 4.47. The molecule has 0 saturated carbocycles. The van der Waals surface area contributed by atoms with Gasteiger partial charge in [0.25, 0.3) is 0 Å². The van der Waals surface area contributed by atoms with Gasteiger partial charge in [0.15, 0.2) is 0 Å². The van der Waals surface area contributed by atoms with Crippen LogP contribution in [0.25, 0.3) is 0 Å². The Morgan fingerprint density at radius 3 is 1.81 bits per heavy atom. The molecule has 2 aromatic rings. The van der Waals surface area contributed by atoms with E-state index in [-0.39, 0.29) is 24.9 Å². The molecule has 0 fully saturated rings. The van der Waals surface area contributed by atoms with Crippen LogP contribution >= 0.6 is 0 Å². The van der Waals surface area contributed by atoms with Crippen LogP contribution in [0.15, 0.2) is 60.7 Å². The molecule has 6 heteroatoms. The van der Waals surface area contributed by atoms with Crippen molar-refractivity contribution in [3.05, 3.63) is 71.8 Å². The molecular weight excluding hydrogens is 330 g/mol. The molecule has 0 aliphatic rings. The molecule has 0 spiro atoms. The van der Waals surface area contributed by atoms with Gasteiger partial charge < -0.3 is 16.4 Å². The maximum atomic E-state index is 12.6. The summed E-state index contributed by atoms with van der Waals surface area (Å²) < 4.78 is 0. The van der Waals surface area contributed by atoms with E-state index < -0.39 is 11.3 Å². The summed E-state index contributed by atoms with van der Waals surface area (Å²) in [6.45, 7) is 1.48. The SMILES string of the molecule is CC(=O)NCC(=O)NCCC(C(N)=O)(c1ccccc1)c1ccccc1. The number of primary amides is 1. The highest BCUT2D eigenvalue weighted by molar-refractivity contribution is 5.91. The first-order valence-corrected chi connectivity index (χ1v) is 8.39. The summed E-state index contributed by atoms with van der Waals surface area (Å²) in [4.78, 5) is 35.3. The lowest BCUT2D eigenvalue weighted by molar-refractivity contribution is -0.125. The zero-order valence-electron chi connectivity index (χ0n) is 14.7. The lowest BCUT2D eigenvalue weighted by atomic mass is 9.71. The zero-order valence-corrected chi connectivity index (χ0v) is 14.7. The molecule has 0 aliphatic carbocycles. The van der Waals surface area contributed by atoms with Gasteiger partial charge in [0.2, 0.25) is 17.7 Å². The van der Waals surface area contributed by atoms with Crippen molar-refractivity contribution in [3.63, 3.8) is 0 Å². The van der Waals surface area contributed by atoms with Crippen LogP contribution in [-0.4, -0.2) is 30.8 Å². The van der Waals surface area contributed by atoms with Crippen LogP contribution < -0.4 is 16.4 Å². The molecule has 0 radical (unpaired) electrons. The molecule has 2 rings (SSSR count). The number of rotatable bonds is 8. The second-order valence-electron chi connectivity index (χ2n) is 6.01. The molecule has 4 N–H and O–H groups in total. The van der Waals surface area contributed by atoms with E-state index in [0.717, 1.165) is 11.1 Å². The largest absolute Gasteiger partial charge is 0.369 e. The predicted octanol–water partition coefficient (Wildman–Crippen LogP) is 1.10. The number of nitrogens with one attached hydrogen (secondary N) is 2. The third-order valence-electron chi connectivity index (χ3n) is 4.27. The number of carbonyl (C=O) groups excluding carboxylic acids is 3. The van der Waals surface area contributed by atoms with Crippen LogP contribution in [-0.2, 0) is 19.8 Å². The Hall–Kier alpha value is -3.15. The van der Waals surface area contributed by atoms with E-state index in [9.17, 15) is 14.4 Å². The number of benzene rings is 2. The predicted molar refractivity (Wildman–Crippen MR) is 99.2 cm³/mol. The van der Waals surface area contributed by atoms with E-state index in [1.807, 2.05) is 60.7 Å². The van der Waals surface area contributed by atoms with Gasteiger partial charge in [-0.15, -0.1) is 0 Å². The molecule has 2 aromatic carbocycles. The lowest BCUT2D eigenvalue weighted by Crippen LogP contribution is -2.45. The fourth-order valence-corrected chi connectivity index (χ4v) is 2.97. The average molecular weight is 353 g/mol. The van der Waals surface area contributed by atoms with Crippen LogP contribution in [0, 0.1) is 0 Å². The molecule has 0 atom stereocenters. The van der Waals surface area contributed by atoms with E-state index in [2.05, 4.69) is 10.6 Å². The molecule has 0 unspecified atom stereocenters. The number of hydrogen-bond acceptors (Lipinski definition) is 3. The summed E-state index contributed by atoms with van der Waals surface area (Å²) in [7, 11) is 0. The monoisotopic (exact) mass is 353 g/mol. The maximum absolute atomic E-state index is 12.6. The van der Waals surface area contributed by atoms with Crippen molar-refractivity contribution in [2.24, 2.45) is 5.73 Å². The van der Waals surface area contributed by atoms with E-state index >= 15 is 0 Å². The van der Waals surface area contributed by atoms with Crippen LogP contribution in [0.5, 0.6) is 0 Å². The standard InChI is InChI=1S/C20H23N3O3/c1-15(24)23-14-18(25)22-13-12-20(19(21)26,16-8-4-2-5-9-16)17-10-6-3-7-11-17/h2-11H,12-14H2,1H3,(H2,21,26)(H,22,25)(H,23,24). The molecule has 6 nitrogen and oxygen atoms in total. The van der Waals surface area contributed by atoms with Crippen molar-refractivity contribution in [2.75, 3.05) is 13.1 Å². The Morgan fingerprint density at radius 2 is 1.38 bits per heavy atom. The van der Waals surface area contributed by atoms with Crippen molar-refractivity contribution < 1.29 is 14.4 Å². The Balaban J connectivity index is 2.25. The molecule has 136 valence electrons. The Bertz CT molecular complexity index is 721. The number of amides is 3. The number of nitrogens with two attached hydrogens (primary N) is 1. The second-order valence-corrected chi connectivity index (χ2v) is 6.01. The van der Waals surface area contributed by atoms with Gasteiger partial charge in [-0.25, -0.2) is 0 Å². The first-order valence-electron chi connectivity index (χ1n) is 8.39. The Labute approximate surface area is 152 Å². The van der Waals surface area contributed by atoms with Crippen molar-refractivity contribution >= 4 is 17.7 Å². The van der Waals surface area contributed by atoms with Gasteiger partial charge in [0, 0.05) is 13.5 Å². The highest BCUT2D eigenvalue weighted by Crippen LogP contribution is 2.35. The summed E-state index contributed by atoms with van der Waals surface area (Å²) in [5.74, 6) is -1.08. The number of hydrogen-bond donors (Lipinski definition) is 3. The third-order valence-corrected chi connectivity index (χ3v) is 4.27. The fraction of sp³-hybridized carbons (Fsp3) is 0.250. The summed E-state index contributed by atoms with van der Waals surface area (Å²) in [6.07, 6.45) is 0.308. The van der Waals surface area contributed by atoms with Crippen LogP contribution in [0.4, 0.5) is 0 Å². The van der Waals surface area contributed by atoms with Gasteiger partial charge in [0.1, 0.15) is 5.41 Å². The minimum atomic E-state index is -1.05. The van der Waals surface area contributed by atoms with Crippen molar-refractivity contribution in [1.29, 1.82) is 0 Å². The van der Waals surface area contributed by atoms with E-state index in [4.69, 9.17) is 5.73 Å². The molecule has 0 heterocycles. The van der Waals surface area contributed by atoms with Crippen molar-refractivity contribution in [1.82, 2.24) is 10.6 Å². The lowest BCUT2D eigenvalue weighted by Gasteiger charge is -2.32. The van der Waals surface area contributed by atoms with Gasteiger partial charge in [-0.3, -0.25) is 14.4 Å². The Kier molecular flexibility index (Phi) is 6.49. The van der Waals surface area contributed by atoms with Crippen LogP contribution in [0.2, 0.25) is 0 Å².